The number of hydrogen-bond acceptors (Lipinski definition) is 6. The van der Waals surface area contributed by atoms with Crippen molar-refractivity contribution in [2.45, 2.75) is 6.92 Å². The van der Waals surface area contributed by atoms with Crippen molar-refractivity contribution in [2.24, 2.45) is 0 Å². The lowest BCUT2D eigenvalue weighted by molar-refractivity contribution is -0.120. The molecule has 0 saturated carbocycles. The Morgan fingerprint density at radius 2 is 2.29 bits per heavy atom. The summed E-state index contributed by atoms with van der Waals surface area (Å²) in [5.74, 6) is 0.553. The number of pyridine rings is 1. The number of nitrogens with zero attached hydrogens (tertiary/aromatic N) is 5. The second-order valence-electron chi connectivity index (χ2n) is 4.39. The molecule has 0 radical (unpaired) electrons. The number of methoxy groups -OCH3 is 1. The molecule has 3 aromatic heterocycles. The van der Waals surface area contributed by atoms with Gasteiger partial charge in [-0.2, -0.15) is 9.50 Å². The number of aryl methyl sites for hydroxylation is 1. The topological polar surface area (TPSA) is 103 Å². The molecule has 0 aliphatic rings. The number of carbonyl (C=O) groups excluding carboxylic acids is 1. The quantitative estimate of drug-likeness (QED) is 0.694. The largest absolute Gasteiger partial charge is 0.375 e. The normalized spacial score (nSPS) is 11.1. The number of hydrogen-bond donors (Lipinski definition) is 1. The van der Waals surface area contributed by atoms with Crippen LogP contribution >= 0.6 is 0 Å². The van der Waals surface area contributed by atoms with E-state index in [1.165, 1.54) is 24.0 Å². The van der Waals surface area contributed by atoms with E-state index in [4.69, 9.17) is 4.74 Å². The SMILES string of the molecule is COCC(=O)Nn1ccc2c(cnc3nc(C)nn32)c1=O. The predicted molar refractivity (Wildman–Crippen MR) is 73.5 cm³/mol. The molecule has 9 nitrogen and oxygen atoms in total. The van der Waals surface area contributed by atoms with Crippen LogP contribution in [0.2, 0.25) is 0 Å². The summed E-state index contributed by atoms with van der Waals surface area (Å²) in [4.78, 5) is 32.0. The first-order valence-corrected chi connectivity index (χ1v) is 6.12. The summed E-state index contributed by atoms with van der Waals surface area (Å²) < 4.78 is 7.28. The predicted octanol–water partition coefficient (Wildman–Crippen LogP) is -0.536. The molecule has 3 rings (SSSR count). The fourth-order valence-corrected chi connectivity index (χ4v) is 2.01. The van der Waals surface area contributed by atoms with Gasteiger partial charge in [-0.05, 0) is 13.0 Å². The minimum Gasteiger partial charge on any atom is -0.375 e. The summed E-state index contributed by atoms with van der Waals surface area (Å²) in [7, 11) is 1.40. The van der Waals surface area contributed by atoms with Crippen LogP contribution in [0.15, 0.2) is 23.3 Å². The second kappa shape index (κ2) is 4.94. The molecule has 0 aliphatic carbocycles. The van der Waals surface area contributed by atoms with Gasteiger partial charge in [-0.3, -0.25) is 15.0 Å². The van der Waals surface area contributed by atoms with Gasteiger partial charge in [-0.15, -0.1) is 5.10 Å². The molecule has 3 heterocycles. The number of carbonyl (C=O) groups is 1. The lowest BCUT2D eigenvalue weighted by Gasteiger charge is -2.08. The van der Waals surface area contributed by atoms with Crippen molar-refractivity contribution in [1.82, 2.24) is 24.3 Å². The Morgan fingerprint density at radius 3 is 3.05 bits per heavy atom. The first-order chi connectivity index (χ1) is 10.1. The van der Waals surface area contributed by atoms with Crippen molar-refractivity contribution in [3.05, 3.63) is 34.6 Å². The van der Waals surface area contributed by atoms with E-state index in [0.29, 0.717) is 22.5 Å². The number of rotatable bonds is 3. The highest BCUT2D eigenvalue weighted by molar-refractivity contribution is 5.85. The van der Waals surface area contributed by atoms with Crippen molar-refractivity contribution < 1.29 is 9.53 Å². The van der Waals surface area contributed by atoms with Crippen LogP contribution in [-0.4, -0.2) is 43.9 Å². The molecule has 1 N–H and O–H groups in total. The van der Waals surface area contributed by atoms with E-state index < -0.39 is 11.5 Å². The summed E-state index contributed by atoms with van der Waals surface area (Å²) in [6.07, 6.45) is 2.87. The van der Waals surface area contributed by atoms with Crippen molar-refractivity contribution in [3.8, 4) is 0 Å². The van der Waals surface area contributed by atoms with Crippen LogP contribution < -0.4 is 11.0 Å². The summed E-state index contributed by atoms with van der Waals surface area (Å²) in [5, 5.41) is 4.52. The lowest BCUT2D eigenvalue weighted by atomic mass is 10.3. The Morgan fingerprint density at radius 1 is 1.48 bits per heavy atom. The van der Waals surface area contributed by atoms with Gasteiger partial charge in [-0.25, -0.2) is 9.66 Å². The van der Waals surface area contributed by atoms with Crippen molar-refractivity contribution >= 4 is 22.6 Å². The molecule has 9 heteroatoms. The third-order valence-corrected chi connectivity index (χ3v) is 2.86. The van der Waals surface area contributed by atoms with Gasteiger partial charge in [0.25, 0.3) is 17.2 Å². The molecule has 108 valence electrons. The number of aromatic nitrogens is 5. The molecule has 0 fully saturated rings. The van der Waals surface area contributed by atoms with E-state index in [2.05, 4.69) is 20.5 Å². The molecule has 0 aliphatic heterocycles. The molecule has 0 saturated heterocycles. The van der Waals surface area contributed by atoms with Crippen LogP contribution in [0.25, 0.3) is 16.7 Å². The highest BCUT2D eigenvalue weighted by atomic mass is 16.5. The van der Waals surface area contributed by atoms with Gasteiger partial charge >= 0.3 is 0 Å². The van der Waals surface area contributed by atoms with Gasteiger partial charge in [0.2, 0.25) is 0 Å². The highest BCUT2D eigenvalue weighted by Gasteiger charge is 2.11. The van der Waals surface area contributed by atoms with E-state index in [1.54, 1.807) is 13.0 Å². The molecule has 0 aromatic carbocycles. The Hall–Kier alpha value is -2.81. The van der Waals surface area contributed by atoms with Crippen LogP contribution in [0.4, 0.5) is 0 Å². The molecule has 0 bridgehead atoms. The van der Waals surface area contributed by atoms with Gasteiger partial charge in [0, 0.05) is 19.5 Å². The summed E-state index contributed by atoms with van der Waals surface area (Å²) >= 11 is 0. The maximum atomic E-state index is 12.3. The van der Waals surface area contributed by atoms with Crippen molar-refractivity contribution in [2.75, 3.05) is 19.1 Å². The highest BCUT2D eigenvalue weighted by Crippen LogP contribution is 2.09. The first kappa shape index (κ1) is 13.2. The summed E-state index contributed by atoms with van der Waals surface area (Å²) in [6.45, 7) is 1.61. The molecule has 1 amide bonds. The molecule has 0 unspecified atom stereocenters. The molecule has 0 atom stereocenters. The Kier molecular flexibility index (Phi) is 3.10. The van der Waals surface area contributed by atoms with E-state index in [0.717, 1.165) is 4.68 Å². The van der Waals surface area contributed by atoms with Gasteiger partial charge in [0.05, 0.1) is 10.9 Å². The van der Waals surface area contributed by atoms with Crippen LogP contribution in [-0.2, 0) is 9.53 Å². The van der Waals surface area contributed by atoms with E-state index in [9.17, 15) is 9.59 Å². The van der Waals surface area contributed by atoms with Gasteiger partial charge in [0.15, 0.2) is 0 Å². The molecule has 3 aromatic rings. The average Bonchev–Trinajstić information content (AvgIpc) is 2.82. The minimum atomic E-state index is -0.426. The maximum absolute atomic E-state index is 12.3. The molecule has 0 spiro atoms. The number of nitrogens with one attached hydrogen (secondary N) is 1. The number of amides is 1. The monoisotopic (exact) mass is 288 g/mol. The smallest absolute Gasteiger partial charge is 0.280 e. The maximum Gasteiger partial charge on any atom is 0.280 e. The van der Waals surface area contributed by atoms with Crippen LogP contribution in [0.3, 0.4) is 0 Å². The molecule has 21 heavy (non-hydrogen) atoms. The fourth-order valence-electron chi connectivity index (χ4n) is 2.01. The standard InChI is InChI=1S/C12H12N6O3/c1-7-14-12-13-5-8-9(18(12)15-7)3-4-17(11(8)20)16-10(19)6-21-2/h3-5H,6H2,1-2H3,(H,16,19). The Bertz CT molecular complexity index is 897. The third-order valence-electron chi connectivity index (χ3n) is 2.86. The number of ether oxygens (including phenoxy) is 1. The Balaban J connectivity index is 2.15. The average molecular weight is 288 g/mol. The fraction of sp³-hybridized carbons (Fsp3) is 0.250. The van der Waals surface area contributed by atoms with E-state index in [-0.39, 0.29) is 6.61 Å². The van der Waals surface area contributed by atoms with Gasteiger partial charge in [-0.1, -0.05) is 0 Å². The summed E-state index contributed by atoms with van der Waals surface area (Å²) in [5.41, 5.74) is 2.59. The minimum absolute atomic E-state index is 0.135. The Labute approximate surface area is 118 Å². The zero-order chi connectivity index (χ0) is 15.0. The van der Waals surface area contributed by atoms with Crippen LogP contribution in [0.5, 0.6) is 0 Å². The van der Waals surface area contributed by atoms with Crippen LogP contribution in [0.1, 0.15) is 5.82 Å². The second-order valence-corrected chi connectivity index (χ2v) is 4.39. The zero-order valence-electron chi connectivity index (χ0n) is 11.4. The van der Waals surface area contributed by atoms with E-state index >= 15 is 0 Å². The summed E-state index contributed by atoms with van der Waals surface area (Å²) in [6, 6.07) is 1.66. The zero-order valence-corrected chi connectivity index (χ0v) is 11.4. The van der Waals surface area contributed by atoms with Crippen LogP contribution in [0, 0.1) is 6.92 Å². The first-order valence-electron chi connectivity index (χ1n) is 6.12. The van der Waals surface area contributed by atoms with Crippen molar-refractivity contribution in [3.63, 3.8) is 0 Å². The lowest BCUT2D eigenvalue weighted by Crippen LogP contribution is -2.34. The number of fused-ring (bicyclic) bond motifs is 3. The van der Waals surface area contributed by atoms with Gasteiger partial charge < -0.3 is 4.74 Å². The molecular formula is C12H12N6O3. The van der Waals surface area contributed by atoms with Gasteiger partial charge in [0.1, 0.15) is 12.4 Å². The van der Waals surface area contributed by atoms with Crippen molar-refractivity contribution in [1.29, 1.82) is 0 Å². The van der Waals surface area contributed by atoms with E-state index in [1.807, 2.05) is 0 Å². The molecular weight excluding hydrogens is 276 g/mol. The third kappa shape index (κ3) is 2.23.